The number of likely N-dealkylation sites (tertiary alicyclic amines) is 1. The van der Waals surface area contributed by atoms with E-state index in [1.807, 2.05) is 0 Å². The summed E-state index contributed by atoms with van der Waals surface area (Å²) >= 11 is 0. The summed E-state index contributed by atoms with van der Waals surface area (Å²) in [7, 11) is -0.335. The number of nitrogens with one attached hydrogen (secondary N) is 2. The highest BCUT2D eigenvalue weighted by Gasteiger charge is 2.69. The molecule has 6 atom stereocenters. The second kappa shape index (κ2) is 6.34. The van der Waals surface area contributed by atoms with Crippen LogP contribution in [0.2, 0.25) is 0 Å². The van der Waals surface area contributed by atoms with Gasteiger partial charge in [-0.05, 0) is 62.8 Å². The van der Waals surface area contributed by atoms with Crippen LogP contribution in [0.25, 0.3) is 0 Å². The molecule has 0 aromatic rings. The molecule has 27 heavy (non-hydrogen) atoms. The van der Waals surface area contributed by atoms with Crippen molar-refractivity contribution in [1.29, 1.82) is 0 Å². The van der Waals surface area contributed by atoms with Gasteiger partial charge in [0.1, 0.15) is 0 Å². The first kappa shape index (κ1) is 18.2. The number of carbonyl (C=O) groups excluding carboxylic acids is 1. The number of hydrogen-bond donors (Lipinski definition) is 2. The predicted molar refractivity (Wildman–Crippen MR) is 101 cm³/mol. The lowest BCUT2D eigenvalue weighted by atomic mass is 9.43. The molecule has 3 heterocycles. The standard InChI is InChI=1S/C19H32BN3O4/c1-18(2)12-9-14(18)19(3)15(10-12)25-20(27-19)16-5-4-8-23(16)17(24)26-22-13-6-7-21-11-13/h12-16,21-22H,4-11H2,1-3H3/t12-,13-,14-,15-,16+,19+/m1/s1. The van der Waals surface area contributed by atoms with Crippen molar-refractivity contribution < 1.29 is 18.9 Å². The molecule has 2 bridgehead atoms. The van der Waals surface area contributed by atoms with Crippen LogP contribution in [0.15, 0.2) is 0 Å². The summed E-state index contributed by atoms with van der Waals surface area (Å²) in [5.41, 5.74) is 3.02. The minimum atomic E-state index is -0.335. The predicted octanol–water partition coefficient (Wildman–Crippen LogP) is 1.72. The minimum absolute atomic E-state index is 0.0521. The van der Waals surface area contributed by atoms with Gasteiger partial charge in [-0.15, -0.1) is 5.48 Å². The third-order valence-corrected chi connectivity index (χ3v) is 8.19. The Kier molecular flexibility index (Phi) is 4.28. The lowest BCUT2D eigenvalue weighted by molar-refractivity contribution is -0.199. The Morgan fingerprint density at radius 1 is 1.30 bits per heavy atom. The maximum Gasteiger partial charge on any atom is 0.482 e. The number of hydroxylamine groups is 1. The van der Waals surface area contributed by atoms with Crippen molar-refractivity contribution in [3.8, 4) is 0 Å². The van der Waals surface area contributed by atoms with Crippen LogP contribution in [0.4, 0.5) is 4.79 Å². The molecule has 0 aromatic heterocycles. The lowest BCUT2D eigenvalue weighted by Gasteiger charge is -2.64. The topological polar surface area (TPSA) is 72.1 Å². The van der Waals surface area contributed by atoms with Crippen molar-refractivity contribution in [2.75, 3.05) is 19.6 Å². The molecule has 0 aromatic carbocycles. The van der Waals surface area contributed by atoms with E-state index in [9.17, 15) is 4.79 Å². The molecule has 3 aliphatic carbocycles. The van der Waals surface area contributed by atoms with Gasteiger partial charge in [0.15, 0.2) is 0 Å². The average Bonchev–Trinajstić information content (AvgIpc) is 3.36. The molecular formula is C19H32BN3O4. The zero-order valence-electron chi connectivity index (χ0n) is 16.7. The van der Waals surface area contributed by atoms with Crippen LogP contribution in [-0.2, 0) is 14.1 Å². The van der Waals surface area contributed by atoms with Crippen molar-refractivity contribution in [3.05, 3.63) is 0 Å². The highest BCUT2D eigenvalue weighted by Crippen LogP contribution is 2.65. The highest BCUT2D eigenvalue weighted by atomic mass is 16.7. The van der Waals surface area contributed by atoms with E-state index in [0.717, 1.165) is 44.7 Å². The summed E-state index contributed by atoms with van der Waals surface area (Å²) in [6, 6.07) is 0.199. The summed E-state index contributed by atoms with van der Waals surface area (Å²) in [5, 5.41) is 3.26. The normalized spacial score (nSPS) is 44.9. The molecule has 0 unspecified atom stereocenters. The Morgan fingerprint density at radius 3 is 2.89 bits per heavy atom. The van der Waals surface area contributed by atoms with Crippen LogP contribution in [0, 0.1) is 17.3 Å². The zero-order valence-corrected chi connectivity index (χ0v) is 16.7. The maximum absolute atomic E-state index is 12.6. The molecule has 0 radical (unpaired) electrons. The number of carbonyl (C=O) groups is 1. The van der Waals surface area contributed by atoms with Gasteiger partial charge < -0.3 is 24.4 Å². The molecule has 1 amide bonds. The second-order valence-electron chi connectivity index (χ2n) is 9.92. The molecule has 7 nitrogen and oxygen atoms in total. The molecule has 6 aliphatic rings. The monoisotopic (exact) mass is 377 g/mol. The number of amides is 1. The Hall–Kier alpha value is -0.825. The van der Waals surface area contributed by atoms with E-state index in [-0.39, 0.29) is 36.9 Å². The molecule has 2 N–H and O–H groups in total. The van der Waals surface area contributed by atoms with Crippen LogP contribution in [-0.4, -0.2) is 61.4 Å². The van der Waals surface area contributed by atoms with Crippen LogP contribution < -0.4 is 10.8 Å². The zero-order chi connectivity index (χ0) is 18.8. The van der Waals surface area contributed by atoms with Gasteiger partial charge in [0.25, 0.3) is 0 Å². The summed E-state index contributed by atoms with van der Waals surface area (Å²) in [6.07, 6.45) is 5.01. The molecular weight excluding hydrogens is 345 g/mol. The lowest BCUT2D eigenvalue weighted by Crippen LogP contribution is -2.65. The maximum atomic E-state index is 12.6. The smallest absolute Gasteiger partial charge is 0.404 e. The van der Waals surface area contributed by atoms with E-state index in [0.29, 0.717) is 17.9 Å². The molecule has 3 saturated carbocycles. The van der Waals surface area contributed by atoms with Crippen molar-refractivity contribution in [3.63, 3.8) is 0 Å². The van der Waals surface area contributed by atoms with Crippen molar-refractivity contribution in [1.82, 2.24) is 15.7 Å². The summed E-state index contributed by atoms with van der Waals surface area (Å²) in [4.78, 5) is 19.8. The number of hydrogen-bond acceptors (Lipinski definition) is 6. The summed E-state index contributed by atoms with van der Waals surface area (Å²) < 4.78 is 13.0. The molecule has 3 aliphatic heterocycles. The Morgan fingerprint density at radius 2 is 2.15 bits per heavy atom. The van der Waals surface area contributed by atoms with E-state index < -0.39 is 0 Å². The van der Waals surface area contributed by atoms with Gasteiger partial charge in [-0.1, -0.05) is 13.8 Å². The van der Waals surface area contributed by atoms with E-state index in [1.165, 1.54) is 6.42 Å². The molecule has 3 saturated heterocycles. The van der Waals surface area contributed by atoms with Gasteiger partial charge in [-0.25, -0.2) is 4.79 Å². The number of rotatable bonds is 3. The van der Waals surface area contributed by atoms with Crippen molar-refractivity contribution in [2.45, 2.75) is 76.6 Å². The average molecular weight is 377 g/mol. The van der Waals surface area contributed by atoms with Gasteiger partial charge >= 0.3 is 13.2 Å². The van der Waals surface area contributed by atoms with Gasteiger partial charge in [-0.2, -0.15) is 0 Å². The van der Waals surface area contributed by atoms with Crippen LogP contribution in [0.5, 0.6) is 0 Å². The van der Waals surface area contributed by atoms with Gasteiger partial charge in [0.05, 0.1) is 23.7 Å². The Balaban J connectivity index is 1.24. The van der Waals surface area contributed by atoms with Crippen LogP contribution in [0.1, 0.15) is 52.9 Å². The fraction of sp³-hybridized carbons (Fsp3) is 0.947. The minimum Gasteiger partial charge on any atom is -0.404 e. The third kappa shape index (κ3) is 2.75. The van der Waals surface area contributed by atoms with Gasteiger partial charge in [-0.3, -0.25) is 0 Å². The first-order valence-electron chi connectivity index (χ1n) is 10.7. The van der Waals surface area contributed by atoms with Crippen LogP contribution >= 0.6 is 0 Å². The largest absolute Gasteiger partial charge is 0.482 e. The van der Waals surface area contributed by atoms with Gasteiger partial charge in [0.2, 0.25) is 0 Å². The van der Waals surface area contributed by atoms with E-state index in [2.05, 4.69) is 31.6 Å². The van der Waals surface area contributed by atoms with E-state index in [1.54, 1.807) is 4.90 Å². The van der Waals surface area contributed by atoms with E-state index in [4.69, 9.17) is 14.1 Å². The SMILES string of the molecule is CC1(C)[C@@H]2C[C@H]1[C@]1(C)OB([C@@H]3CCCN3C(=O)ON[C@@H]3CCNC3)O[C@@H]1C2. The quantitative estimate of drug-likeness (QED) is 0.577. The van der Waals surface area contributed by atoms with Crippen molar-refractivity contribution >= 4 is 13.2 Å². The van der Waals surface area contributed by atoms with Crippen LogP contribution in [0.3, 0.4) is 0 Å². The molecule has 6 fully saturated rings. The Bertz CT molecular complexity index is 614. The molecule has 150 valence electrons. The van der Waals surface area contributed by atoms with Crippen molar-refractivity contribution in [2.24, 2.45) is 17.3 Å². The fourth-order valence-corrected chi connectivity index (χ4v) is 6.31. The molecule has 8 heteroatoms. The first-order chi connectivity index (χ1) is 12.9. The van der Waals surface area contributed by atoms with E-state index >= 15 is 0 Å². The second-order valence-corrected chi connectivity index (χ2v) is 9.92. The first-order valence-corrected chi connectivity index (χ1v) is 10.7. The van der Waals surface area contributed by atoms with Gasteiger partial charge in [0, 0.05) is 13.1 Å². The Labute approximate surface area is 161 Å². The highest BCUT2D eigenvalue weighted by molar-refractivity contribution is 6.47. The number of nitrogens with zero attached hydrogens (tertiary/aromatic N) is 1. The molecule has 6 rings (SSSR count). The summed E-state index contributed by atoms with van der Waals surface area (Å²) in [5.74, 6) is 1.22. The molecule has 0 spiro atoms. The third-order valence-electron chi connectivity index (χ3n) is 8.19. The fourth-order valence-electron chi connectivity index (χ4n) is 6.31. The summed E-state index contributed by atoms with van der Waals surface area (Å²) in [6.45, 7) is 9.47.